The molecule has 0 nitrogen and oxygen atoms in total. The highest BCUT2D eigenvalue weighted by Crippen LogP contribution is 2.30. The molecular formula is C10H10S. The lowest BCUT2D eigenvalue weighted by Gasteiger charge is -2.13. The van der Waals surface area contributed by atoms with Crippen LogP contribution >= 0.6 is 11.8 Å². The van der Waals surface area contributed by atoms with Crippen LogP contribution in [-0.4, -0.2) is 0 Å². The molecule has 1 heterocycles. The van der Waals surface area contributed by atoms with Crippen LogP contribution in [0.25, 0.3) is 5.57 Å². The molecule has 1 aromatic rings. The number of fused-ring (bicyclic) bond motifs is 1. The van der Waals surface area contributed by atoms with Gasteiger partial charge in [-0.2, -0.15) is 0 Å². The number of thioether (sulfide) groups is 1. The van der Waals surface area contributed by atoms with Crippen molar-refractivity contribution in [2.75, 3.05) is 0 Å². The molecule has 1 aliphatic heterocycles. The van der Waals surface area contributed by atoms with Crippen molar-refractivity contribution in [2.24, 2.45) is 0 Å². The maximum absolute atomic E-state index is 2.24. The lowest BCUT2D eigenvalue weighted by Crippen LogP contribution is -1.92. The van der Waals surface area contributed by atoms with Crippen LogP contribution in [0, 0.1) is 0 Å². The van der Waals surface area contributed by atoms with Crippen LogP contribution in [0.2, 0.25) is 0 Å². The fourth-order valence-corrected chi connectivity index (χ4v) is 2.24. The fourth-order valence-electron chi connectivity index (χ4n) is 1.35. The Kier molecular flexibility index (Phi) is 1.74. The third kappa shape index (κ3) is 1.21. The molecule has 0 saturated heterocycles. The maximum atomic E-state index is 2.24. The topological polar surface area (TPSA) is 0 Å². The second-order valence-electron chi connectivity index (χ2n) is 2.77. The molecule has 0 saturated carbocycles. The molecule has 0 N–H and O–H groups in total. The van der Waals surface area contributed by atoms with Gasteiger partial charge in [-0.25, -0.2) is 0 Å². The van der Waals surface area contributed by atoms with Crippen molar-refractivity contribution in [1.82, 2.24) is 0 Å². The molecule has 0 spiro atoms. The zero-order valence-corrected chi connectivity index (χ0v) is 7.32. The number of rotatable bonds is 0. The van der Waals surface area contributed by atoms with E-state index in [1.807, 2.05) is 11.8 Å². The normalized spacial score (nSPS) is 15.5. The summed E-state index contributed by atoms with van der Waals surface area (Å²) in [6.45, 7) is 2.17. The van der Waals surface area contributed by atoms with Crippen molar-refractivity contribution in [3.8, 4) is 0 Å². The van der Waals surface area contributed by atoms with E-state index in [0.29, 0.717) is 0 Å². The standard InChI is InChI=1S/C10H10S/c1-8-6-11-7-9-4-2-3-5-10(8)9/h2-6H,7H2,1H3. The first-order valence-corrected chi connectivity index (χ1v) is 4.79. The molecule has 1 aromatic carbocycles. The predicted octanol–water partition coefficient (Wildman–Crippen LogP) is 3.29. The van der Waals surface area contributed by atoms with Gasteiger partial charge in [-0.1, -0.05) is 24.3 Å². The molecule has 1 aliphatic rings. The fraction of sp³-hybridized carbons (Fsp3) is 0.200. The summed E-state index contributed by atoms with van der Waals surface area (Å²) in [6.07, 6.45) is 0. The highest BCUT2D eigenvalue weighted by atomic mass is 32.2. The first kappa shape index (κ1) is 6.99. The highest BCUT2D eigenvalue weighted by molar-refractivity contribution is 8.01. The van der Waals surface area contributed by atoms with Crippen LogP contribution in [-0.2, 0) is 5.75 Å². The zero-order chi connectivity index (χ0) is 7.68. The monoisotopic (exact) mass is 162 g/mol. The summed E-state index contributed by atoms with van der Waals surface area (Å²) in [4.78, 5) is 0. The minimum atomic E-state index is 1.13. The van der Waals surface area contributed by atoms with E-state index in [1.54, 1.807) is 0 Å². The summed E-state index contributed by atoms with van der Waals surface area (Å²) >= 11 is 1.88. The van der Waals surface area contributed by atoms with Crippen LogP contribution < -0.4 is 0 Å². The average molecular weight is 162 g/mol. The van der Waals surface area contributed by atoms with Crippen molar-refractivity contribution in [2.45, 2.75) is 12.7 Å². The Morgan fingerprint density at radius 3 is 2.91 bits per heavy atom. The van der Waals surface area contributed by atoms with Crippen molar-refractivity contribution < 1.29 is 0 Å². The third-order valence-electron chi connectivity index (χ3n) is 1.94. The van der Waals surface area contributed by atoms with E-state index < -0.39 is 0 Å². The van der Waals surface area contributed by atoms with Gasteiger partial charge in [-0.15, -0.1) is 11.8 Å². The molecule has 0 aromatic heterocycles. The summed E-state index contributed by atoms with van der Waals surface area (Å²) in [5.41, 5.74) is 4.29. The van der Waals surface area contributed by atoms with Crippen molar-refractivity contribution >= 4 is 17.3 Å². The molecular weight excluding hydrogens is 152 g/mol. The Hall–Kier alpha value is -0.690. The minimum Gasteiger partial charge on any atom is -0.129 e. The van der Waals surface area contributed by atoms with Gasteiger partial charge in [-0.05, 0) is 29.0 Å². The Labute approximate surface area is 71.3 Å². The highest BCUT2D eigenvalue weighted by Gasteiger charge is 2.06. The van der Waals surface area contributed by atoms with Crippen molar-refractivity contribution in [3.63, 3.8) is 0 Å². The molecule has 0 atom stereocenters. The van der Waals surface area contributed by atoms with Crippen LogP contribution in [0.4, 0.5) is 0 Å². The van der Waals surface area contributed by atoms with Crippen LogP contribution in [0.15, 0.2) is 29.7 Å². The van der Waals surface area contributed by atoms with E-state index in [0.717, 1.165) is 5.75 Å². The van der Waals surface area contributed by atoms with Gasteiger partial charge in [0.15, 0.2) is 0 Å². The van der Waals surface area contributed by atoms with E-state index in [-0.39, 0.29) is 0 Å². The van der Waals surface area contributed by atoms with Crippen LogP contribution in [0.1, 0.15) is 18.1 Å². The molecule has 0 fully saturated rings. The molecule has 0 amide bonds. The quantitative estimate of drug-likeness (QED) is 0.564. The first-order chi connectivity index (χ1) is 5.38. The SMILES string of the molecule is CC1=CSCc2ccccc21. The van der Waals surface area contributed by atoms with E-state index in [9.17, 15) is 0 Å². The molecule has 2 rings (SSSR count). The Balaban J connectivity index is 2.56. The lowest BCUT2D eigenvalue weighted by molar-refractivity contribution is 1.36. The summed E-state index contributed by atoms with van der Waals surface area (Å²) in [5, 5.41) is 2.24. The summed E-state index contributed by atoms with van der Waals surface area (Å²) in [6, 6.07) is 8.61. The average Bonchev–Trinajstić information content (AvgIpc) is 2.06. The summed E-state index contributed by atoms with van der Waals surface area (Å²) in [5.74, 6) is 1.13. The van der Waals surface area contributed by atoms with Crippen LogP contribution in [0.3, 0.4) is 0 Å². The largest absolute Gasteiger partial charge is 0.129 e. The summed E-state index contributed by atoms with van der Waals surface area (Å²) < 4.78 is 0. The van der Waals surface area contributed by atoms with Gasteiger partial charge in [0.05, 0.1) is 0 Å². The molecule has 11 heavy (non-hydrogen) atoms. The van der Waals surface area contributed by atoms with Gasteiger partial charge in [0.25, 0.3) is 0 Å². The molecule has 0 unspecified atom stereocenters. The zero-order valence-electron chi connectivity index (χ0n) is 6.50. The summed E-state index contributed by atoms with van der Waals surface area (Å²) in [7, 11) is 0. The predicted molar refractivity (Wildman–Crippen MR) is 51.4 cm³/mol. The minimum absolute atomic E-state index is 1.13. The van der Waals surface area contributed by atoms with Gasteiger partial charge in [0, 0.05) is 5.75 Å². The van der Waals surface area contributed by atoms with Crippen LogP contribution in [0.5, 0.6) is 0 Å². The second kappa shape index (κ2) is 2.74. The van der Waals surface area contributed by atoms with E-state index >= 15 is 0 Å². The molecule has 0 aliphatic carbocycles. The number of benzene rings is 1. The van der Waals surface area contributed by atoms with E-state index in [4.69, 9.17) is 0 Å². The Morgan fingerprint density at radius 1 is 1.27 bits per heavy atom. The van der Waals surface area contributed by atoms with Gasteiger partial charge in [0.2, 0.25) is 0 Å². The first-order valence-electron chi connectivity index (χ1n) is 3.74. The maximum Gasteiger partial charge on any atom is 0.0232 e. The van der Waals surface area contributed by atoms with Crippen molar-refractivity contribution in [1.29, 1.82) is 0 Å². The smallest absolute Gasteiger partial charge is 0.0232 e. The van der Waals surface area contributed by atoms with E-state index in [1.165, 1.54) is 16.7 Å². The van der Waals surface area contributed by atoms with Gasteiger partial charge in [0.1, 0.15) is 0 Å². The Bertz CT molecular complexity index is 299. The second-order valence-corrected chi connectivity index (χ2v) is 3.63. The molecule has 0 radical (unpaired) electrons. The van der Waals surface area contributed by atoms with E-state index in [2.05, 4.69) is 36.6 Å². The Morgan fingerprint density at radius 2 is 2.09 bits per heavy atom. The molecule has 1 heteroatoms. The van der Waals surface area contributed by atoms with Gasteiger partial charge < -0.3 is 0 Å². The number of hydrogen-bond donors (Lipinski definition) is 0. The van der Waals surface area contributed by atoms with Crippen molar-refractivity contribution in [3.05, 3.63) is 40.8 Å². The third-order valence-corrected chi connectivity index (χ3v) is 2.94. The molecule has 0 bridgehead atoms. The number of allylic oxidation sites excluding steroid dienone is 1. The molecule has 56 valence electrons. The lowest BCUT2D eigenvalue weighted by atomic mass is 10.0. The van der Waals surface area contributed by atoms with Gasteiger partial charge >= 0.3 is 0 Å². The number of hydrogen-bond acceptors (Lipinski definition) is 1. The van der Waals surface area contributed by atoms with Gasteiger partial charge in [-0.3, -0.25) is 0 Å².